The molecule has 2 nitrogen and oxygen atoms in total. The highest BCUT2D eigenvalue weighted by atomic mass is 16.5. The summed E-state index contributed by atoms with van der Waals surface area (Å²) in [5.74, 6) is 3.46. The van der Waals surface area contributed by atoms with Gasteiger partial charge in [-0.25, -0.2) is 0 Å². The first-order valence-electron chi connectivity index (χ1n) is 6.71. The van der Waals surface area contributed by atoms with Crippen molar-refractivity contribution in [1.82, 2.24) is 0 Å². The molecule has 2 aliphatic rings. The zero-order valence-electron chi connectivity index (χ0n) is 10.4. The number of fused-ring (bicyclic) bond motifs is 1. The lowest BCUT2D eigenvalue weighted by atomic mass is 10.0. The molecule has 3 rings (SSSR count). The van der Waals surface area contributed by atoms with E-state index in [0.717, 1.165) is 23.5 Å². The number of ether oxygens (including phenoxy) is 1. The maximum atomic E-state index is 6.43. The van der Waals surface area contributed by atoms with Crippen LogP contribution in [0.4, 0.5) is 0 Å². The van der Waals surface area contributed by atoms with Gasteiger partial charge in [-0.2, -0.15) is 0 Å². The van der Waals surface area contributed by atoms with E-state index in [4.69, 9.17) is 10.5 Å². The van der Waals surface area contributed by atoms with Gasteiger partial charge in [0.1, 0.15) is 5.75 Å². The summed E-state index contributed by atoms with van der Waals surface area (Å²) in [5, 5.41) is 0. The van der Waals surface area contributed by atoms with E-state index >= 15 is 0 Å². The Labute approximate surface area is 103 Å². The fourth-order valence-corrected chi connectivity index (χ4v) is 3.65. The number of rotatable bonds is 3. The maximum absolute atomic E-state index is 6.43. The van der Waals surface area contributed by atoms with Gasteiger partial charge in [-0.1, -0.05) is 25.0 Å². The molecule has 2 heteroatoms. The van der Waals surface area contributed by atoms with Gasteiger partial charge in [0.05, 0.1) is 7.11 Å². The molecule has 3 unspecified atom stereocenters. The molecule has 0 bridgehead atoms. The fraction of sp³-hybridized carbons (Fsp3) is 0.600. The lowest BCUT2D eigenvalue weighted by Gasteiger charge is -2.13. The third-order valence-electron chi connectivity index (χ3n) is 4.62. The normalized spacial score (nSPS) is 32.7. The Morgan fingerprint density at radius 1 is 1.24 bits per heavy atom. The van der Waals surface area contributed by atoms with Crippen LogP contribution in [-0.2, 0) is 0 Å². The molecule has 1 aromatic carbocycles. The molecular formula is C15H21NO. The van der Waals surface area contributed by atoms with Gasteiger partial charge in [-0.15, -0.1) is 0 Å². The predicted octanol–water partition coefficient (Wildman–Crippen LogP) is 3.13. The van der Waals surface area contributed by atoms with Gasteiger partial charge >= 0.3 is 0 Å². The number of hydrogen-bond donors (Lipinski definition) is 1. The maximum Gasteiger partial charge on any atom is 0.119 e. The number of benzene rings is 1. The van der Waals surface area contributed by atoms with E-state index in [2.05, 4.69) is 12.1 Å². The second-order valence-corrected chi connectivity index (χ2v) is 5.49. The van der Waals surface area contributed by atoms with Crippen molar-refractivity contribution in [2.24, 2.45) is 23.5 Å². The largest absolute Gasteiger partial charge is 0.497 e. The summed E-state index contributed by atoms with van der Waals surface area (Å²) in [6, 6.07) is 8.46. The van der Waals surface area contributed by atoms with Crippen LogP contribution in [0.25, 0.3) is 0 Å². The van der Waals surface area contributed by atoms with Gasteiger partial charge in [0.2, 0.25) is 0 Å². The summed E-state index contributed by atoms with van der Waals surface area (Å²) in [7, 11) is 1.71. The lowest BCUT2D eigenvalue weighted by molar-refractivity contribution is 0.413. The summed E-state index contributed by atoms with van der Waals surface area (Å²) in [5.41, 5.74) is 7.67. The lowest BCUT2D eigenvalue weighted by Crippen LogP contribution is -2.14. The van der Waals surface area contributed by atoms with Gasteiger partial charge in [0, 0.05) is 6.04 Å². The highest BCUT2D eigenvalue weighted by Crippen LogP contribution is 2.59. The highest BCUT2D eigenvalue weighted by Gasteiger charge is 2.53. The third kappa shape index (κ3) is 1.95. The Hall–Kier alpha value is -1.02. The summed E-state index contributed by atoms with van der Waals surface area (Å²) in [6.07, 6.45) is 5.60. The van der Waals surface area contributed by atoms with E-state index in [-0.39, 0.29) is 6.04 Å². The number of nitrogens with two attached hydrogens (primary N) is 1. The van der Waals surface area contributed by atoms with Gasteiger partial charge in [-0.05, 0) is 48.3 Å². The van der Waals surface area contributed by atoms with Gasteiger partial charge in [-0.3, -0.25) is 0 Å². The van der Waals surface area contributed by atoms with E-state index < -0.39 is 0 Å². The first-order chi connectivity index (χ1) is 8.31. The number of methoxy groups -OCH3 is 1. The predicted molar refractivity (Wildman–Crippen MR) is 68.9 cm³/mol. The van der Waals surface area contributed by atoms with Crippen molar-refractivity contribution in [2.75, 3.05) is 7.11 Å². The van der Waals surface area contributed by atoms with E-state index in [0.29, 0.717) is 0 Å². The monoisotopic (exact) mass is 231 g/mol. The van der Waals surface area contributed by atoms with Gasteiger partial charge < -0.3 is 10.5 Å². The number of hydrogen-bond acceptors (Lipinski definition) is 2. The average Bonchev–Trinajstić information content (AvgIpc) is 3.12. The van der Waals surface area contributed by atoms with Crippen molar-refractivity contribution in [3.8, 4) is 5.75 Å². The van der Waals surface area contributed by atoms with Gasteiger partial charge in [0.25, 0.3) is 0 Å². The van der Waals surface area contributed by atoms with Crippen molar-refractivity contribution in [2.45, 2.75) is 31.7 Å². The van der Waals surface area contributed by atoms with Crippen LogP contribution in [0.5, 0.6) is 5.75 Å². The highest BCUT2D eigenvalue weighted by molar-refractivity contribution is 5.32. The van der Waals surface area contributed by atoms with E-state index in [1.54, 1.807) is 7.11 Å². The first kappa shape index (κ1) is 11.1. The van der Waals surface area contributed by atoms with Crippen LogP contribution < -0.4 is 10.5 Å². The van der Waals surface area contributed by atoms with Crippen LogP contribution in [0.1, 0.15) is 37.3 Å². The smallest absolute Gasteiger partial charge is 0.119 e. The second-order valence-electron chi connectivity index (χ2n) is 5.49. The summed E-state index contributed by atoms with van der Waals surface area (Å²) >= 11 is 0. The van der Waals surface area contributed by atoms with Crippen LogP contribution in [-0.4, -0.2) is 7.11 Å². The van der Waals surface area contributed by atoms with Crippen LogP contribution in [0.15, 0.2) is 24.3 Å². The Bertz CT molecular complexity index is 392. The molecule has 2 N–H and O–H groups in total. The van der Waals surface area contributed by atoms with Crippen LogP contribution in [0.3, 0.4) is 0 Å². The average molecular weight is 231 g/mol. The molecular weight excluding hydrogens is 210 g/mol. The molecule has 2 saturated carbocycles. The molecule has 0 aliphatic heterocycles. The summed E-state index contributed by atoms with van der Waals surface area (Å²) in [4.78, 5) is 0. The Balaban J connectivity index is 1.75. The minimum absolute atomic E-state index is 0.207. The summed E-state index contributed by atoms with van der Waals surface area (Å²) < 4.78 is 5.27. The standard InChI is InChI=1S/C15H21NO/c1-17-11-6-4-5-10(9-11)15(16)14-12-7-2-3-8-13(12)14/h4-6,9,12-15H,2-3,7-8,16H2,1H3. The quantitative estimate of drug-likeness (QED) is 0.867. The summed E-state index contributed by atoms with van der Waals surface area (Å²) in [6.45, 7) is 0. The fourth-order valence-electron chi connectivity index (χ4n) is 3.65. The van der Waals surface area contributed by atoms with Crippen molar-refractivity contribution >= 4 is 0 Å². The molecule has 1 aromatic rings. The van der Waals surface area contributed by atoms with E-state index in [9.17, 15) is 0 Å². The molecule has 92 valence electrons. The SMILES string of the molecule is COc1cccc(C(N)C2C3CCCCC32)c1. The molecule has 0 amide bonds. The first-order valence-corrected chi connectivity index (χ1v) is 6.71. The zero-order chi connectivity index (χ0) is 11.8. The van der Waals surface area contributed by atoms with E-state index in [1.807, 2.05) is 12.1 Å². The van der Waals surface area contributed by atoms with E-state index in [1.165, 1.54) is 31.2 Å². The van der Waals surface area contributed by atoms with Crippen LogP contribution in [0, 0.1) is 17.8 Å². The molecule has 17 heavy (non-hydrogen) atoms. The Morgan fingerprint density at radius 2 is 1.94 bits per heavy atom. The van der Waals surface area contributed by atoms with Crippen molar-refractivity contribution in [1.29, 1.82) is 0 Å². The molecule has 0 radical (unpaired) electrons. The topological polar surface area (TPSA) is 35.2 Å². The van der Waals surface area contributed by atoms with Gasteiger partial charge in [0.15, 0.2) is 0 Å². The molecule has 2 fully saturated rings. The van der Waals surface area contributed by atoms with Crippen molar-refractivity contribution in [3.05, 3.63) is 29.8 Å². The van der Waals surface area contributed by atoms with Crippen molar-refractivity contribution in [3.63, 3.8) is 0 Å². The Morgan fingerprint density at radius 3 is 2.59 bits per heavy atom. The molecule has 0 heterocycles. The molecule has 0 aromatic heterocycles. The van der Waals surface area contributed by atoms with Crippen molar-refractivity contribution < 1.29 is 4.74 Å². The molecule has 2 aliphatic carbocycles. The second kappa shape index (κ2) is 4.34. The minimum atomic E-state index is 0.207. The molecule has 3 atom stereocenters. The zero-order valence-corrected chi connectivity index (χ0v) is 10.4. The molecule has 0 spiro atoms. The molecule has 0 saturated heterocycles. The van der Waals surface area contributed by atoms with Crippen LogP contribution >= 0.6 is 0 Å². The van der Waals surface area contributed by atoms with Crippen LogP contribution in [0.2, 0.25) is 0 Å². The third-order valence-corrected chi connectivity index (χ3v) is 4.62. The minimum Gasteiger partial charge on any atom is -0.497 e. The Kier molecular flexibility index (Phi) is 2.83.